The summed E-state index contributed by atoms with van der Waals surface area (Å²) in [6, 6.07) is 5.35. The molecular weight excluding hydrogens is 368 g/mol. The maximum atomic E-state index is 13.0. The van der Waals surface area contributed by atoms with E-state index < -0.39 is 5.97 Å². The van der Waals surface area contributed by atoms with E-state index in [1.54, 1.807) is 21.7 Å². The summed E-state index contributed by atoms with van der Waals surface area (Å²) in [6.45, 7) is 4.99. The second-order valence-electron chi connectivity index (χ2n) is 7.03. The van der Waals surface area contributed by atoms with Gasteiger partial charge < -0.3 is 10.0 Å². The Balaban J connectivity index is 1.80. The Morgan fingerprint density at radius 1 is 1.33 bits per heavy atom. The van der Waals surface area contributed by atoms with Crippen molar-refractivity contribution in [3.05, 3.63) is 40.3 Å². The molecule has 0 aromatic carbocycles. The van der Waals surface area contributed by atoms with E-state index in [4.69, 9.17) is 16.7 Å². The maximum Gasteiger partial charge on any atom is 0.303 e. The first kappa shape index (κ1) is 19.4. The van der Waals surface area contributed by atoms with Gasteiger partial charge in [-0.05, 0) is 57.2 Å². The van der Waals surface area contributed by atoms with Crippen LogP contribution in [0.3, 0.4) is 0 Å². The van der Waals surface area contributed by atoms with Crippen LogP contribution in [0.4, 0.5) is 0 Å². The molecule has 27 heavy (non-hydrogen) atoms. The van der Waals surface area contributed by atoms with E-state index >= 15 is 0 Å². The van der Waals surface area contributed by atoms with Crippen molar-refractivity contribution in [2.45, 2.75) is 39.5 Å². The molecule has 1 amide bonds. The molecule has 3 heterocycles. The predicted octanol–water partition coefficient (Wildman–Crippen LogP) is 3.25. The van der Waals surface area contributed by atoms with Crippen LogP contribution in [0.15, 0.2) is 18.2 Å². The van der Waals surface area contributed by atoms with Crippen LogP contribution >= 0.6 is 11.6 Å². The lowest BCUT2D eigenvalue weighted by molar-refractivity contribution is -0.137. The standard InChI is InChI=1S/C19H23ClN4O3/c1-12-10-13(2)24(22-12)16-7-6-15(20)18(21-16)19(27)23-9-3-4-14(11-23)5-8-17(25)26/h6-7,10,14H,3-5,8-9,11H2,1-2H3,(H,25,26). The molecule has 0 bridgehead atoms. The lowest BCUT2D eigenvalue weighted by atomic mass is 9.93. The molecule has 1 unspecified atom stereocenters. The Labute approximate surface area is 163 Å². The first-order chi connectivity index (χ1) is 12.8. The first-order valence-corrected chi connectivity index (χ1v) is 9.44. The number of rotatable bonds is 5. The van der Waals surface area contributed by atoms with Crippen LogP contribution in [0, 0.1) is 19.8 Å². The highest BCUT2D eigenvalue weighted by Crippen LogP contribution is 2.25. The SMILES string of the molecule is Cc1cc(C)n(-c2ccc(Cl)c(C(=O)N3CCCC(CCC(=O)O)C3)n2)n1. The van der Waals surface area contributed by atoms with Gasteiger partial charge >= 0.3 is 5.97 Å². The second kappa shape index (κ2) is 8.08. The number of nitrogens with zero attached hydrogens (tertiary/aromatic N) is 4. The van der Waals surface area contributed by atoms with E-state index in [2.05, 4.69) is 10.1 Å². The smallest absolute Gasteiger partial charge is 0.303 e. The van der Waals surface area contributed by atoms with E-state index in [9.17, 15) is 9.59 Å². The van der Waals surface area contributed by atoms with Gasteiger partial charge in [0.15, 0.2) is 5.82 Å². The quantitative estimate of drug-likeness (QED) is 0.846. The number of carboxylic acid groups (broad SMARTS) is 1. The number of aryl methyl sites for hydroxylation is 2. The number of amides is 1. The van der Waals surface area contributed by atoms with E-state index in [1.807, 2.05) is 19.9 Å². The number of pyridine rings is 1. The molecule has 0 spiro atoms. The molecule has 1 fully saturated rings. The highest BCUT2D eigenvalue weighted by atomic mass is 35.5. The van der Waals surface area contributed by atoms with Gasteiger partial charge in [0.2, 0.25) is 0 Å². The van der Waals surface area contributed by atoms with Gasteiger partial charge in [-0.15, -0.1) is 0 Å². The van der Waals surface area contributed by atoms with Gasteiger partial charge in [-0.2, -0.15) is 5.10 Å². The van der Waals surface area contributed by atoms with Crippen molar-refractivity contribution < 1.29 is 14.7 Å². The van der Waals surface area contributed by atoms with Crippen LogP contribution in [-0.4, -0.2) is 49.7 Å². The fraction of sp³-hybridized carbons (Fsp3) is 0.474. The molecule has 3 rings (SSSR count). The zero-order chi connectivity index (χ0) is 19.6. The zero-order valence-electron chi connectivity index (χ0n) is 15.5. The Kier molecular flexibility index (Phi) is 5.79. The summed E-state index contributed by atoms with van der Waals surface area (Å²) >= 11 is 6.26. The summed E-state index contributed by atoms with van der Waals surface area (Å²) < 4.78 is 1.69. The van der Waals surface area contributed by atoms with Crippen LogP contribution in [-0.2, 0) is 4.79 Å². The van der Waals surface area contributed by atoms with E-state index in [0.29, 0.717) is 30.4 Å². The van der Waals surface area contributed by atoms with Crippen LogP contribution in [0.1, 0.15) is 47.6 Å². The highest BCUT2D eigenvalue weighted by Gasteiger charge is 2.27. The monoisotopic (exact) mass is 390 g/mol. The van der Waals surface area contributed by atoms with Crippen molar-refractivity contribution in [3.8, 4) is 5.82 Å². The molecule has 2 aromatic rings. The average molecular weight is 391 g/mol. The van der Waals surface area contributed by atoms with Gasteiger partial charge in [-0.25, -0.2) is 9.67 Å². The fourth-order valence-electron chi connectivity index (χ4n) is 3.52. The molecular formula is C19H23ClN4O3. The summed E-state index contributed by atoms with van der Waals surface area (Å²) in [6.07, 6.45) is 2.49. The molecule has 1 saturated heterocycles. The van der Waals surface area contributed by atoms with E-state index in [0.717, 1.165) is 24.2 Å². The lowest BCUT2D eigenvalue weighted by Crippen LogP contribution is -2.40. The van der Waals surface area contributed by atoms with Gasteiger partial charge in [0.25, 0.3) is 5.91 Å². The fourth-order valence-corrected chi connectivity index (χ4v) is 3.71. The predicted molar refractivity (Wildman–Crippen MR) is 101 cm³/mol. The third-order valence-corrected chi connectivity index (χ3v) is 5.14. The summed E-state index contributed by atoms with van der Waals surface area (Å²) in [4.78, 5) is 30.0. The second-order valence-corrected chi connectivity index (χ2v) is 7.44. The Morgan fingerprint density at radius 2 is 2.11 bits per heavy atom. The highest BCUT2D eigenvalue weighted by molar-refractivity contribution is 6.33. The van der Waals surface area contributed by atoms with Crippen molar-refractivity contribution in [1.29, 1.82) is 0 Å². The number of carbonyl (C=O) groups excluding carboxylic acids is 1. The van der Waals surface area contributed by atoms with Crippen LogP contribution < -0.4 is 0 Å². The van der Waals surface area contributed by atoms with Crippen molar-refractivity contribution >= 4 is 23.5 Å². The molecule has 1 aliphatic rings. The third-order valence-electron chi connectivity index (χ3n) is 4.83. The molecule has 1 N–H and O–H groups in total. The maximum absolute atomic E-state index is 13.0. The largest absolute Gasteiger partial charge is 0.481 e. The molecule has 0 aliphatic carbocycles. The number of piperidine rings is 1. The van der Waals surface area contributed by atoms with Gasteiger partial charge in [0.1, 0.15) is 5.69 Å². The number of halogens is 1. The minimum absolute atomic E-state index is 0.124. The Morgan fingerprint density at radius 3 is 2.78 bits per heavy atom. The first-order valence-electron chi connectivity index (χ1n) is 9.06. The lowest BCUT2D eigenvalue weighted by Gasteiger charge is -2.32. The third kappa shape index (κ3) is 4.47. The van der Waals surface area contributed by atoms with Crippen LogP contribution in [0.25, 0.3) is 5.82 Å². The minimum atomic E-state index is -0.805. The number of carboxylic acids is 1. The zero-order valence-corrected chi connectivity index (χ0v) is 16.2. The normalized spacial score (nSPS) is 17.1. The van der Waals surface area contributed by atoms with E-state index in [-0.39, 0.29) is 23.9 Å². The number of hydrogen-bond donors (Lipinski definition) is 1. The van der Waals surface area contributed by atoms with E-state index in [1.165, 1.54) is 0 Å². The summed E-state index contributed by atoms with van der Waals surface area (Å²) in [5.41, 5.74) is 2.00. The molecule has 0 saturated carbocycles. The molecule has 7 nitrogen and oxygen atoms in total. The molecule has 1 atom stereocenters. The summed E-state index contributed by atoms with van der Waals surface area (Å²) in [5, 5.41) is 13.6. The average Bonchev–Trinajstić information content (AvgIpc) is 2.98. The van der Waals surface area contributed by atoms with Crippen molar-refractivity contribution in [3.63, 3.8) is 0 Å². The molecule has 8 heteroatoms. The molecule has 2 aromatic heterocycles. The number of carbonyl (C=O) groups is 2. The topological polar surface area (TPSA) is 88.3 Å². The van der Waals surface area contributed by atoms with Gasteiger partial charge in [-0.1, -0.05) is 11.6 Å². The minimum Gasteiger partial charge on any atom is -0.481 e. The number of aromatic nitrogens is 3. The van der Waals surface area contributed by atoms with Crippen molar-refractivity contribution in [1.82, 2.24) is 19.7 Å². The number of hydrogen-bond acceptors (Lipinski definition) is 4. The van der Waals surface area contributed by atoms with Crippen LogP contribution in [0.2, 0.25) is 5.02 Å². The van der Waals surface area contributed by atoms with Gasteiger partial charge in [0, 0.05) is 25.2 Å². The molecule has 1 aliphatic heterocycles. The van der Waals surface area contributed by atoms with Crippen molar-refractivity contribution in [2.24, 2.45) is 5.92 Å². The van der Waals surface area contributed by atoms with Gasteiger partial charge in [0.05, 0.1) is 10.7 Å². The molecule has 144 valence electrons. The Hall–Kier alpha value is -2.41. The summed E-state index contributed by atoms with van der Waals surface area (Å²) in [7, 11) is 0. The number of aliphatic carboxylic acids is 1. The Bertz CT molecular complexity index is 865. The van der Waals surface area contributed by atoms with Crippen molar-refractivity contribution in [2.75, 3.05) is 13.1 Å². The molecule has 0 radical (unpaired) electrons. The van der Waals surface area contributed by atoms with Crippen LogP contribution in [0.5, 0.6) is 0 Å². The number of likely N-dealkylation sites (tertiary alicyclic amines) is 1. The van der Waals surface area contributed by atoms with Gasteiger partial charge in [-0.3, -0.25) is 9.59 Å². The summed E-state index contributed by atoms with van der Waals surface area (Å²) in [5.74, 6) is -0.284.